The lowest BCUT2D eigenvalue weighted by Crippen LogP contribution is -2.46. The molecule has 2 N–H and O–H groups in total. The number of halogens is 3. The van der Waals surface area contributed by atoms with Crippen LogP contribution in [0.15, 0.2) is 17.0 Å². The van der Waals surface area contributed by atoms with Crippen molar-refractivity contribution in [2.45, 2.75) is 29.9 Å². The zero-order chi connectivity index (χ0) is 13.5. The zero-order valence-electron chi connectivity index (χ0n) is 9.03. The second kappa shape index (κ2) is 5.15. The van der Waals surface area contributed by atoms with Gasteiger partial charge in [0.25, 0.3) is 0 Å². The monoisotopic (exact) mass is 329 g/mol. The number of aliphatic hydroxyl groups is 1. The maximum Gasteiger partial charge on any atom is 0.243 e. The highest BCUT2D eigenvalue weighted by atomic mass is 35.5. The molecule has 100 valence electrons. The maximum absolute atomic E-state index is 12.1. The Morgan fingerprint density at radius 1 is 1.17 bits per heavy atom. The first-order chi connectivity index (χ1) is 8.29. The zero-order valence-corrected chi connectivity index (χ0v) is 12.1. The first kappa shape index (κ1) is 14.4. The van der Waals surface area contributed by atoms with Gasteiger partial charge in [-0.1, -0.05) is 34.8 Å². The van der Waals surface area contributed by atoms with E-state index >= 15 is 0 Å². The van der Waals surface area contributed by atoms with Gasteiger partial charge in [0.2, 0.25) is 10.0 Å². The van der Waals surface area contributed by atoms with Gasteiger partial charge in [0.15, 0.2) is 0 Å². The molecule has 0 bridgehead atoms. The molecular weight excluding hydrogens is 321 g/mol. The molecule has 4 nitrogen and oxygen atoms in total. The largest absolute Gasteiger partial charge is 0.393 e. The average Bonchev–Trinajstić information content (AvgIpc) is 2.11. The van der Waals surface area contributed by atoms with Crippen LogP contribution in [0, 0.1) is 0 Å². The van der Waals surface area contributed by atoms with Crippen molar-refractivity contribution >= 4 is 44.8 Å². The lowest BCUT2D eigenvalue weighted by Gasteiger charge is -2.31. The topological polar surface area (TPSA) is 66.4 Å². The van der Waals surface area contributed by atoms with Gasteiger partial charge in [-0.3, -0.25) is 0 Å². The number of aliphatic hydroxyl groups excluding tert-OH is 1. The minimum atomic E-state index is -3.81. The molecule has 0 saturated heterocycles. The molecule has 1 aliphatic carbocycles. The fourth-order valence-electron chi connectivity index (χ4n) is 1.75. The summed E-state index contributed by atoms with van der Waals surface area (Å²) >= 11 is 17.4. The molecule has 1 aliphatic rings. The highest BCUT2D eigenvalue weighted by Gasteiger charge is 2.33. The molecule has 1 fully saturated rings. The van der Waals surface area contributed by atoms with E-state index in [-0.39, 0.29) is 26.0 Å². The Morgan fingerprint density at radius 2 is 1.67 bits per heavy atom. The number of sulfonamides is 1. The lowest BCUT2D eigenvalue weighted by molar-refractivity contribution is 0.0712. The van der Waals surface area contributed by atoms with Crippen LogP contribution < -0.4 is 4.72 Å². The van der Waals surface area contributed by atoms with E-state index in [1.165, 1.54) is 12.1 Å². The SMILES string of the molecule is O=S(=O)(NC1CC(O)C1)c1c(Cl)cc(Cl)cc1Cl. The van der Waals surface area contributed by atoms with Crippen LogP contribution in [-0.2, 0) is 10.0 Å². The molecule has 0 amide bonds. The van der Waals surface area contributed by atoms with E-state index in [0.717, 1.165) is 0 Å². The summed E-state index contributed by atoms with van der Waals surface area (Å²) in [5, 5.41) is 9.34. The van der Waals surface area contributed by atoms with Crippen molar-refractivity contribution in [3.05, 3.63) is 27.2 Å². The second-order valence-corrected chi connectivity index (χ2v) is 7.04. The van der Waals surface area contributed by atoms with Crippen LogP contribution in [0.3, 0.4) is 0 Å². The van der Waals surface area contributed by atoms with E-state index < -0.39 is 16.1 Å². The van der Waals surface area contributed by atoms with E-state index in [2.05, 4.69) is 4.72 Å². The predicted molar refractivity (Wildman–Crippen MR) is 70.8 cm³/mol. The highest BCUT2D eigenvalue weighted by molar-refractivity contribution is 7.89. The molecule has 2 rings (SSSR count). The summed E-state index contributed by atoms with van der Waals surface area (Å²) in [4.78, 5) is -0.184. The van der Waals surface area contributed by atoms with Crippen LogP contribution in [-0.4, -0.2) is 25.7 Å². The average molecular weight is 331 g/mol. The fourth-order valence-corrected chi connectivity index (χ4v) is 4.55. The van der Waals surface area contributed by atoms with E-state index in [9.17, 15) is 8.42 Å². The third-order valence-electron chi connectivity index (χ3n) is 2.67. The summed E-state index contributed by atoms with van der Waals surface area (Å²) in [5.74, 6) is 0. The van der Waals surface area contributed by atoms with Crippen molar-refractivity contribution in [2.75, 3.05) is 0 Å². The minimum Gasteiger partial charge on any atom is -0.393 e. The number of rotatable bonds is 3. The molecule has 8 heteroatoms. The Kier molecular flexibility index (Phi) is 4.11. The fraction of sp³-hybridized carbons (Fsp3) is 0.400. The predicted octanol–water partition coefficient (Wildman–Crippen LogP) is 2.45. The Labute approximate surface area is 120 Å². The molecule has 0 aromatic heterocycles. The number of hydrogen-bond acceptors (Lipinski definition) is 3. The van der Waals surface area contributed by atoms with Crippen molar-refractivity contribution < 1.29 is 13.5 Å². The first-order valence-corrected chi connectivity index (χ1v) is 7.76. The molecule has 0 heterocycles. The van der Waals surface area contributed by atoms with Gasteiger partial charge in [-0.25, -0.2) is 13.1 Å². The van der Waals surface area contributed by atoms with E-state index in [0.29, 0.717) is 12.8 Å². The number of nitrogens with one attached hydrogen (secondary N) is 1. The van der Waals surface area contributed by atoms with Crippen LogP contribution >= 0.6 is 34.8 Å². The van der Waals surface area contributed by atoms with Gasteiger partial charge in [0.05, 0.1) is 16.1 Å². The number of benzene rings is 1. The number of hydrogen-bond donors (Lipinski definition) is 2. The standard InChI is InChI=1S/C10H10Cl3NO3S/c11-5-1-8(12)10(9(13)2-5)18(16,17)14-6-3-7(15)4-6/h1-2,6-7,14-15H,3-4H2. The molecule has 0 unspecified atom stereocenters. The summed E-state index contributed by atoms with van der Waals surface area (Å²) in [6.07, 6.45) is 0.332. The quantitative estimate of drug-likeness (QED) is 0.894. The Hall–Kier alpha value is -0.0400. The molecule has 0 aliphatic heterocycles. The first-order valence-electron chi connectivity index (χ1n) is 5.14. The lowest BCUT2D eigenvalue weighted by atomic mass is 9.91. The third kappa shape index (κ3) is 2.92. The molecular formula is C10H10Cl3NO3S. The van der Waals surface area contributed by atoms with Gasteiger partial charge >= 0.3 is 0 Å². The van der Waals surface area contributed by atoms with Gasteiger partial charge in [-0.05, 0) is 25.0 Å². The smallest absolute Gasteiger partial charge is 0.243 e. The summed E-state index contributed by atoms with van der Waals surface area (Å²) in [6, 6.07) is 2.35. The van der Waals surface area contributed by atoms with Crippen LogP contribution in [0.1, 0.15) is 12.8 Å². The molecule has 0 spiro atoms. The Morgan fingerprint density at radius 3 is 2.11 bits per heavy atom. The van der Waals surface area contributed by atoms with Gasteiger partial charge in [0, 0.05) is 11.1 Å². The summed E-state index contributed by atoms with van der Waals surface area (Å²) in [5.41, 5.74) is 0. The maximum atomic E-state index is 12.1. The van der Waals surface area contributed by atoms with Gasteiger partial charge in [-0.2, -0.15) is 0 Å². The van der Waals surface area contributed by atoms with Crippen molar-refractivity contribution in [3.8, 4) is 0 Å². The van der Waals surface area contributed by atoms with Gasteiger partial charge < -0.3 is 5.11 Å². The Bertz CT molecular complexity index is 547. The summed E-state index contributed by atoms with van der Waals surface area (Å²) in [6.45, 7) is 0. The highest BCUT2D eigenvalue weighted by Crippen LogP contribution is 2.33. The molecule has 1 saturated carbocycles. The van der Waals surface area contributed by atoms with Crippen LogP contribution in [0.2, 0.25) is 15.1 Å². The van der Waals surface area contributed by atoms with E-state index in [1.807, 2.05) is 0 Å². The molecule has 1 aromatic carbocycles. The van der Waals surface area contributed by atoms with Gasteiger partial charge in [0.1, 0.15) is 4.90 Å². The molecule has 18 heavy (non-hydrogen) atoms. The van der Waals surface area contributed by atoms with Crippen molar-refractivity contribution in [1.82, 2.24) is 4.72 Å². The second-order valence-electron chi connectivity index (χ2n) is 4.14. The minimum absolute atomic E-state index is 0.0279. The van der Waals surface area contributed by atoms with Crippen LogP contribution in [0.4, 0.5) is 0 Å². The van der Waals surface area contributed by atoms with Crippen LogP contribution in [0.25, 0.3) is 0 Å². The van der Waals surface area contributed by atoms with Crippen molar-refractivity contribution in [1.29, 1.82) is 0 Å². The van der Waals surface area contributed by atoms with Crippen molar-refractivity contribution in [2.24, 2.45) is 0 Å². The third-order valence-corrected chi connectivity index (χ3v) is 5.33. The molecule has 0 atom stereocenters. The molecule has 1 aromatic rings. The van der Waals surface area contributed by atoms with E-state index in [1.54, 1.807) is 0 Å². The van der Waals surface area contributed by atoms with Crippen LogP contribution in [0.5, 0.6) is 0 Å². The van der Waals surface area contributed by atoms with E-state index in [4.69, 9.17) is 39.9 Å². The summed E-state index contributed by atoms with van der Waals surface area (Å²) < 4.78 is 26.6. The van der Waals surface area contributed by atoms with Crippen molar-refractivity contribution in [3.63, 3.8) is 0 Å². The Balaban J connectivity index is 2.30. The van der Waals surface area contributed by atoms with Gasteiger partial charge in [-0.15, -0.1) is 0 Å². The normalized spacial score (nSPS) is 23.8. The summed E-state index contributed by atoms with van der Waals surface area (Å²) in [7, 11) is -3.81. The molecule has 0 radical (unpaired) electrons.